The third-order valence-electron chi connectivity index (χ3n) is 6.07. The van der Waals surface area contributed by atoms with Crippen molar-refractivity contribution in [3.8, 4) is 21.6 Å². The molecular formula is C28H24N4O3S2. The molecule has 3 N–H and O–H groups in total. The zero-order valence-corrected chi connectivity index (χ0v) is 21.9. The molecule has 0 spiro atoms. The highest BCUT2D eigenvalue weighted by Crippen LogP contribution is 2.35. The summed E-state index contributed by atoms with van der Waals surface area (Å²) in [5, 5.41) is 5.51. The zero-order chi connectivity index (χ0) is 26.1. The molecule has 37 heavy (non-hydrogen) atoms. The second-order valence-corrected chi connectivity index (χ2v) is 10.8. The molecule has 186 valence electrons. The minimum atomic E-state index is -0.639. The zero-order valence-electron chi connectivity index (χ0n) is 20.2. The molecule has 5 rings (SSSR count). The first-order valence-corrected chi connectivity index (χ1v) is 13.4. The van der Waals surface area contributed by atoms with E-state index in [2.05, 4.69) is 36.3 Å². The van der Waals surface area contributed by atoms with E-state index in [-0.39, 0.29) is 17.7 Å². The standard InChI is InChI=1S/C28H24N4O3S2/c1-16(2)17-8-10-18(11-9-17)21-14-36-27-24(21)28(35)32(15-30-27)13-23(33)31-26-20(25(29)34)12-22(37-26)19-6-4-3-5-7-19/h3-12,14-16H,13H2,1-2H3,(H2,29,34)(H,31,33). The summed E-state index contributed by atoms with van der Waals surface area (Å²) in [5.41, 5.74) is 9.34. The van der Waals surface area contributed by atoms with Gasteiger partial charge in [0.1, 0.15) is 16.4 Å². The molecule has 0 atom stereocenters. The van der Waals surface area contributed by atoms with Crippen molar-refractivity contribution in [3.63, 3.8) is 0 Å². The second-order valence-electron chi connectivity index (χ2n) is 8.92. The van der Waals surface area contributed by atoms with Gasteiger partial charge >= 0.3 is 0 Å². The largest absolute Gasteiger partial charge is 0.366 e. The number of nitrogens with zero attached hydrogens (tertiary/aromatic N) is 2. The summed E-state index contributed by atoms with van der Waals surface area (Å²) in [6.45, 7) is 4.02. The van der Waals surface area contributed by atoms with Gasteiger partial charge < -0.3 is 11.1 Å². The molecule has 7 nitrogen and oxygen atoms in total. The number of amides is 2. The van der Waals surface area contributed by atoms with E-state index in [0.29, 0.717) is 21.1 Å². The van der Waals surface area contributed by atoms with E-state index in [1.54, 1.807) is 6.07 Å². The number of thiophene rings is 2. The Balaban J connectivity index is 1.42. The number of anilines is 1. The number of carbonyl (C=O) groups excluding carboxylic acids is 2. The predicted octanol–water partition coefficient (Wildman–Crippen LogP) is 5.71. The Labute approximate surface area is 221 Å². The Kier molecular flexibility index (Phi) is 6.73. The van der Waals surface area contributed by atoms with Gasteiger partial charge in [-0.3, -0.25) is 19.0 Å². The lowest BCUT2D eigenvalue weighted by molar-refractivity contribution is -0.116. The Morgan fingerprint density at radius 2 is 1.78 bits per heavy atom. The Bertz CT molecular complexity index is 1670. The fraction of sp³-hybridized carbons (Fsp3) is 0.143. The number of benzene rings is 2. The van der Waals surface area contributed by atoms with Crippen molar-refractivity contribution in [2.75, 3.05) is 5.32 Å². The predicted molar refractivity (Wildman–Crippen MR) is 150 cm³/mol. The molecule has 3 aromatic heterocycles. The van der Waals surface area contributed by atoms with Gasteiger partial charge in [0.05, 0.1) is 17.3 Å². The molecule has 2 amide bonds. The van der Waals surface area contributed by atoms with Crippen molar-refractivity contribution in [2.45, 2.75) is 26.3 Å². The third kappa shape index (κ3) is 4.96. The van der Waals surface area contributed by atoms with Crippen molar-refractivity contribution in [3.05, 3.63) is 93.9 Å². The summed E-state index contributed by atoms with van der Waals surface area (Å²) in [4.78, 5) is 44.2. The maximum absolute atomic E-state index is 13.4. The number of primary amides is 1. The van der Waals surface area contributed by atoms with Crippen LogP contribution in [-0.2, 0) is 11.3 Å². The van der Waals surface area contributed by atoms with Gasteiger partial charge in [-0.05, 0) is 28.7 Å². The van der Waals surface area contributed by atoms with Crippen molar-refractivity contribution in [1.29, 1.82) is 0 Å². The molecule has 3 heterocycles. The molecular weight excluding hydrogens is 504 g/mol. The Hall–Kier alpha value is -4.08. The van der Waals surface area contributed by atoms with Crippen LogP contribution in [-0.4, -0.2) is 21.4 Å². The molecule has 0 aliphatic carbocycles. The first kappa shape index (κ1) is 24.6. The number of hydrogen-bond donors (Lipinski definition) is 2. The smallest absolute Gasteiger partial charge is 0.263 e. The van der Waals surface area contributed by atoms with E-state index in [4.69, 9.17) is 5.73 Å². The van der Waals surface area contributed by atoms with E-state index >= 15 is 0 Å². The van der Waals surface area contributed by atoms with Gasteiger partial charge in [-0.2, -0.15) is 0 Å². The van der Waals surface area contributed by atoms with Crippen molar-refractivity contribution in [1.82, 2.24) is 9.55 Å². The van der Waals surface area contributed by atoms with Crippen LogP contribution >= 0.6 is 22.7 Å². The summed E-state index contributed by atoms with van der Waals surface area (Å²) in [5.74, 6) is -0.682. The van der Waals surface area contributed by atoms with Crippen LogP contribution in [0.2, 0.25) is 0 Å². The lowest BCUT2D eigenvalue weighted by Crippen LogP contribution is -2.28. The molecule has 0 bridgehead atoms. The molecule has 5 aromatic rings. The molecule has 0 unspecified atom stereocenters. The number of nitrogens with two attached hydrogens (primary N) is 1. The van der Waals surface area contributed by atoms with E-state index < -0.39 is 11.8 Å². The van der Waals surface area contributed by atoms with Crippen molar-refractivity contribution < 1.29 is 9.59 Å². The number of aromatic nitrogens is 2. The summed E-state index contributed by atoms with van der Waals surface area (Å²) in [7, 11) is 0. The van der Waals surface area contributed by atoms with Crippen LogP contribution in [0, 0.1) is 0 Å². The van der Waals surface area contributed by atoms with Gasteiger partial charge in [-0.1, -0.05) is 68.4 Å². The quantitative estimate of drug-likeness (QED) is 0.282. The van der Waals surface area contributed by atoms with E-state index in [1.807, 2.05) is 47.8 Å². The summed E-state index contributed by atoms with van der Waals surface area (Å²) >= 11 is 2.65. The monoisotopic (exact) mass is 528 g/mol. The first-order valence-electron chi connectivity index (χ1n) is 11.7. The minimum Gasteiger partial charge on any atom is -0.366 e. The van der Waals surface area contributed by atoms with Crippen LogP contribution in [0.1, 0.15) is 35.7 Å². The van der Waals surface area contributed by atoms with E-state index in [1.165, 1.54) is 39.1 Å². The normalized spacial score (nSPS) is 11.2. The highest BCUT2D eigenvalue weighted by atomic mass is 32.1. The minimum absolute atomic E-state index is 0.225. The Morgan fingerprint density at radius 3 is 2.46 bits per heavy atom. The second kappa shape index (κ2) is 10.1. The van der Waals surface area contributed by atoms with E-state index in [9.17, 15) is 14.4 Å². The van der Waals surface area contributed by atoms with Crippen LogP contribution in [0.15, 0.2) is 77.2 Å². The number of nitrogens with one attached hydrogen (secondary N) is 1. The molecule has 2 aromatic carbocycles. The molecule has 0 saturated carbocycles. The van der Waals surface area contributed by atoms with Crippen LogP contribution in [0.25, 0.3) is 31.8 Å². The van der Waals surface area contributed by atoms with Crippen LogP contribution in [0.3, 0.4) is 0 Å². The summed E-state index contributed by atoms with van der Waals surface area (Å²) < 4.78 is 1.28. The SMILES string of the molecule is CC(C)c1ccc(-c2csc3ncn(CC(=O)Nc4sc(-c5ccccc5)cc4C(N)=O)c(=O)c23)cc1. The molecule has 0 fully saturated rings. The van der Waals surface area contributed by atoms with Gasteiger partial charge in [0, 0.05) is 15.8 Å². The lowest BCUT2D eigenvalue weighted by Gasteiger charge is -2.08. The fourth-order valence-electron chi connectivity index (χ4n) is 4.07. The van der Waals surface area contributed by atoms with Crippen LogP contribution < -0.4 is 16.6 Å². The lowest BCUT2D eigenvalue weighted by atomic mass is 9.99. The molecule has 0 radical (unpaired) electrons. The topological polar surface area (TPSA) is 107 Å². The maximum atomic E-state index is 13.4. The number of fused-ring (bicyclic) bond motifs is 1. The molecule has 9 heteroatoms. The van der Waals surface area contributed by atoms with Crippen LogP contribution in [0.5, 0.6) is 0 Å². The summed E-state index contributed by atoms with van der Waals surface area (Å²) in [6.07, 6.45) is 1.38. The van der Waals surface area contributed by atoms with Gasteiger partial charge in [0.2, 0.25) is 5.91 Å². The number of hydrogen-bond acceptors (Lipinski definition) is 6. The van der Waals surface area contributed by atoms with Crippen molar-refractivity contribution >= 4 is 49.7 Å². The van der Waals surface area contributed by atoms with Crippen molar-refractivity contribution in [2.24, 2.45) is 5.73 Å². The van der Waals surface area contributed by atoms with E-state index in [0.717, 1.165) is 21.6 Å². The number of rotatable bonds is 7. The first-order chi connectivity index (χ1) is 17.8. The molecule has 0 aliphatic rings. The van der Waals surface area contributed by atoms with Gasteiger partial charge in [-0.25, -0.2) is 4.98 Å². The highest BCUT2D eigenvalue weighted by Gasteiger charge is 2.19. The fourth-order valence-corrected chi connectivity index (χ4v) is 6.06. The summed E-state index contributed by atoms with van der Waals surface area (Å²) in [6, 6.07) is 19.3. The highest BCUT2D eigenvalue weighted by molar-refractivity contribution is 7.20. The maximum Gasteiger partial charge on any atom is 0.263 e. The van der Waals surface area contributed by atoms with Gasteiger partial charge in [0.15, 0.2) is 0 Å². The van der Waals surface area contributed by atoms with Gasteiger partial charge in [-0.15, -0.1) is 22.7 Å². The van der Waals surface area contributed by atoms with Gasteiger partial charge in [0.25, 0.3) is 11.5 Å². The average Bonchev–Trinajstić information content (AvgIpc) is 3.51. The van der Waals surface area contributed by atoms with Crippen LogP contribution in [0.4, 0.5) is 5.00 Å². The average molecular weight is 529 g/mol. The third-order valence-corrected chi connectivity index (χ3v) is 8.06. The number of carbonyl (C=O) groups is 2. The molecule has 0 saturated heterocycles. The Morgan fingerprint density at radius 1 is 1.05 bits per heavy atom. The molecule has 0 aliphatic heterocycles.